The number of nitrogens with zero attached hydrogens (tertiary/aromatic N) is 1. The van der Waals surface area contributed by atoms with Crippen LogP contribution in [0.4, 0.5) is 0 Å². The lowest BCUT2D eigenvalue weighted by molar-refractivity contribution is -0.132. The van der Waals surface area contributed by atoms with Gasteiger partial charge in [0.15, 0.2) is 0 Å². The van der Waals surface area contributed by atoms with E-state index in [-0.39, 0.29) is 17.4 Å². The van der Waals surface area contributed by atoms with E-state index in [1.807, 2.05) is 30.3 Å². The molecule has 2 N–H and O–H groups in total. The molecule has 134 valence electrons. The standard InChI is InChI=1S/C20H21N3O3/c24-17-15(7-8-16(22-17)14-5-2-1-3-6-14)18(25)23-12-10-20(13-23)9-4-11-21-19(20)26/h1-3,5-8H,4,9-13H2,(H,21,26)(H,22,24). The zero-order valence-corrected chi connectivity index (χ0v) is 14.5. The van der Waals surface area contributed by atoms with Crippen LogP contribution in [-0.2, 0) is 4.79 Å². The number of likely N-dealkylation sites (tertiary alicyclic amines) is 1. The number of benzene rings is 1. The van der Waals surface area contributed by atoms with Crippen molar-refractivity contribution in [2.24, 2.45) is 5.41 Å². The first-order chi connectivity index (χ1) is 12.6. The highest BCUT2D eigenvalue weighted by atomic mass is 16.2. The Hall–Kier alpha value is -2.89. The normalized spacial score (nSPS) is 22.5. The van der Waals surface area contributed by atoms with Gasteiger partial charge in [-0.3, -0.25) is 14.4 Å². The van der Waals surface area contributed by atoms with Gasteiger partial charge in [0.2, 0.25) is 5.91 Å². The highest BCUT2D eigenvalue weighted by Crippen LogP contribution is 2.37. The van der Waals surface area contributed by atoms with E-state index >= 15 is 0 Å². The second-order valence-corrected chi connectivity index (χ2v) is 7.10. The molecule has 6 nitrogen and oxygen atoms in total. The molecule has 2 fully saturated rings. The fourth-order valence-corrected chi connectivity index (χ4v) is 3.96. The lowest BCUT2D eigenvalue weighted by atomic mass is 9.79. The Morgan fingerprint density at radius 2 is 1.85 bits per heavy atom. The van der Waals surface area contributed by atoms with Gasteiger partial charge in [-0.25, -0.2) is 0 Å². The van der Waals surface area contributed by atoms with E-state index in [0.29, 0.717) is 31.7 Å². The molecule has 6 heteroatoms. The highest BCUT2D eigenvalue weighted by Gasteiger charge is 2.47. The number of hydrogen-bond acceptors (Lipinski definition) is 3. The minimum atomic E-state index is -0.481. The predicted octanol–water partition coefficient (Wildman–Crippen LogP) is 1.78. The van der Waals surface area contributed by atoms with Crippen molar-refractivity contribution in [2.45, 2.75) is 19.3 Å². The summed E-state index contributed by atoms with van der Waals surface area (Å²) < 4.78 is 0. The van der Waals surface area contributed by atoms with Gasteiger partial charge in [-0.15, -0.1) is 0 Å². The molecule has 2 saturated heterocycles. The maximum Gasteiger partial charge on any atom is 0.261 e. The fraction of sp³-hybridized carbons (Fsp3) is 0.350. The lowest BCUT2D eigenvalue weighted by Gasteiger charge is -2.32. The third kappa shape index (κ3) is 2.81. The number of carbonyl (C=O) groups is 2. The third-order valence-corrected chi connectivity index (χ3v) is 5.47. The molecule has 1 aromatic carbocycles. The zero-order chi connectivity index (χ0) is 18.1. The number of aromatic nitrogens is 1. The number of amides is 2. The minimum absolute atomic E-state index is 0.0346. The van der Waals surface area contributed by atoms with Gasteiger partial charge < -0.3 is 15.2 Å². The van der Waals surface area contributed by atoms with Crippen molar-refractivity contribution in [3.63, 3.8) is 0 Å². The molecule has 1 spiro atoms. The quantitative estimate of drug-likeness (QED) is 0.865. The zero-order valence-electron chi connectivity index (χ0n) is 14.5. The number of pyridine rings is 1. The molecule has 26 heavy (non-hydrogen) atoms. The van der Waals surface area contributed by atoms with Crippen molar-refractivity contribution in [1.29, 1.82) is 0 Å². The summed E-state index contributed by atoms with van der Waals surface area (Å²) in [5.74, 6) is -0.270. The van der Waals surface area contributed by atoms with Crippen molar-refractivity contribution < 1.29 is 9.59 Å². The number of nitrogens with one attached hydrogen (secondary N) is 2. The predicted molar refractivity (Wildman–Crippen MR) is 97.7 cm³/mol. The van der Waals surface area contributed by atoms with Crippen LogP contribution in [0.15, 0.2) is 47.3 Å². The van der Waals surface area contributed by atoms with Crippen LogP contribution in [0.3, 0.4) is 0 Å². The molecule has 2 aromatic rings. The van der Waals surface area contributed by atoms with Gasteiger partial charge in [-0.2, -0.15) is 0 Å². The van der Waals surface area contributed by atoms with Crippen molar-refractivity contribution in [3.05, 3.63) is 58.4 Å². The third-order valence-electron chi connectivity index (χ3n) is 5.47. The summed E-state index contributed by atoms with van der Waals surface area (Å²) >= 11 is 0. The summed E-state index contributed by atoms with van der Waals surface area (Å²) in [6.07, 6.45) is 2.39. The fourth-order valence-electron chi connectivity index (χ4n) is 3.96. The van der Waals surface area contributed by atoms with E-state index in [0.717, 1.165) is 18.4 Å². The number of rotatable bonds is 2. The molecule has 0 radical (unpaired) electrons. The van der Waals surface area contributed by atoms with Gasteiger partial charge in [-0.05, 0) is 37.0 Å². The Bertz CT molecular complexity index is 906. The van der Waals surface area contributed by atoms with Crippen LogP contribution in [0.1, 0.15) is 29.6 Å². The Balaban J connectivity index is 1.56. The maximum atomic E-state index is 12.8. The molecule has 0 bridgehead atoms. The second kappa shape index (κ2) is 6.44. The number of aromatic amines is 1. The first-order valence-electron chi connectivity index (χ1n) is 8.95. The lowest BCUT2D eigenvalue weighted by Crippen LogP contribution is -2.48. The molecule has 2 aliphatic rings. The summed E-state index contributed by atoms with van der Waals surface area (Å²) in [6, 6.07) is 12.8. The van der Waals surface area contributed by atoms with Crippen LogP contribution < -0.4 is 10.9 Å². The van der Waals surface area contributed by atoms with E-state index < -0.39 is 11.0 Å². The first kappa shape index (κ1) is 16.6. The largest absolute Gasteiger partial charge is 0.356 e. The second-order valence-electron chi connectivity index (χ2n) is 7.10. The van der Waals surface area contributed by atoms with Gasteiger partial charge in [0.25, 0.3) is 11.5 Å². The Labute approximate surface area is 151 Å². The summed E-state index contributed by atoms with van der Waals surface area (Å²) in [5.41, 5.74) is 0.813. The van der Waals surface area contributed by atoms with Crippen molar-refractivity contribution in [1.82, 2.24) is 15.2 Å². The maximum absolute atomic E-state index is 12.8. The number of carbonyl (C=O) groups excluding carboxylic acids is 2. The SMILES string of the molecule is O=C(c1ccc(-c2ccccc2)[nH]c1=O)N1CCC2(CCCNC2=O)C1. The molecule has 0 aliphatic carbocycles. The molecule has 1 atom stereocenters. The molecular formula is C20H21N3O3. The van der Waals surface area contributed by atoms with Crippen LogP contribution >= 0.6 is 0 Å². The Kier molecular flexibility index (Phi) is 4.11. The molecule has 4 rings (SSSR count). The molecule has 2 amide bonds. The summed E-state index contributed by atoms with van der Waals surface area (Å²) in [7, 11) is 0. The van der Waals surface area contributed by atoms with Crippen LogP contribution in [0.5, 0.6) is 0 Å². The number of hydrogen-bond donors (Lipinski definition) is 2. The Morgan fingerprint density at radius 3 is 2.58 bits per heavy atom. The van der Waals surface area contributed by atoms with Crippen LogP contribution in [0, 0.1) is 5.41 Å². The minimum Gasteiger partial charge on any atom is -0.356 e. The van der Waals surface area contributed by atoms with Gasteiger partial charge in [-0.1, -0.05) is 30.3 Å². The molecular weight excluding hydrogens is 330 g/mol. The van der Waals surface area contributed by atoms with Crippen LogP contribution in [-0.4, -0.2) is 41.3 Å². The molecule has 2 aliphatic heterocycles. The topological polar surface area (TPSA) is 82.3 Å². The number of H-pyrrole nitrogens is 1. The monoisotopic (exact) mass is 351 g/mol. The highest BCUT2D eigenvalue weighted by molar-refractivity contribution is 5.95. The van der Waals surface area contributed by atoms with E-state index in [4.69, 9.17) is 0 Å². The summed E-state index contributed by atoms with van der Waals surface area (Å²) in [5, 5.41) is 2.91. The van der Waals surface area contributed by atoms with Gasteiger partial charge in [0, 0.05) is 25.3 Å². The van der Waals surface area contributed by atoms with E-state index in [1.165, 1.54) is 0 Å². The van der Waals surface area contributed by atoms with Crippen LogP contribution in [0.25, 0.3) is 11.3 Å². The summed E-state index contributed by atoms with van der Waals surface area (Å²) in [6.45, 7) is 1.60. The van der Waals surface area contributed by atoms with Crippen molar-refractivity contribution in [2.75, 3.05) is 19.6 Å². The van der Waals surface area contributed by atoms with Crippen molar-refractivity contribution >= 4 is 11.8 Å². The molecule has 1 unspecified atom stereocenters. The van der Waals surface area contributed by atoms with Gasteiger partial charge in [0.05, 0.1) is 5.41 Å². The molecule has 3 heterocycles. The summed E-state index contributed by atoms with van der Waals surface area (Å²) in [4.78, 5) is 42.0. The van der Waals surface area contributed by atoms with Gasteiger partial charge in [0.1, 0.15) is 5.56 Å². The van der Waals surface area contributed by atoms with Crippen molar-refractivity contribution in [3.8, 4) is 11.3 Å². The van der Waals surface area contributed by atoms with Gasteiger partial charge >= 0.3 is 0 Å². The molecule has 0 saturated carbocycles. The van der Waals surface area contributed by atoms with E-state index in [1.54, 1.807) is 17.0 Å². The average molecular weight is 351 g/mol. The Morgan fingerprint density at radius 1 is 1.04 bits per heavy atom. The van der Waals surface area contributed by atoms with E-state index in [9.17, 15) is 14.4 Å². The number of piperidine rings is 1. The average Bonchev–Trinajstić information content (AvgIpc) is 3.09. The smallest absolute Gasteiger partial charge is 0.261 e. The molecule has 1 aromatic heterocycles. The van der Waals surface area contributed by atoms with Crippen LogP contribution in [0.2, 0.25) is 0 Å². The van der Waals surface area contributed by atoms with E-state index in [2.05, 4.69) is 10.3 Å². The first-order valence-corrected chi connectivity index (χ1v) is 8.95.